The molecule has 6 nitrogen and oxygen atoms in total. The van der Waals surface area contributed by atoms with Crippen LogP contribution in [0.2, 0.25) is 5.02 Å². The van der Waals surface area contributed by atoms with Crippen molar-refractivity contribution >= 4 is 23.5 Å². The average molecular weight is 366 g/mol. The predicted molar refractivity (Wildman–Crippen MR) is 95.6 cm³/mol. The van der Waals surface area contributed by atoms with Gasteiger partial charge < -0.3 is 10.1 Å². The summed E-state index contributed by atoms with van der Waals surface area (Å²) < 4.78 is 5.66. The first-order chi connectivity index (χ1) is 12.0. The Bertz CT molecular complexity index is 629. The van der Waals surface area contributed by atoms with Crippen LogP contribution in [0, 0.1) is 0 Å². The minimum Gasteiger partial charge on any atom is -0.492 e. The zero-order valence-electron chi connectivity index (χ0n) is 14.5. The zero-order valence-corrected chi connectivity index (χ0v) is 15.2. The molecule has 1 saturated heterocycles. The molecule has 0 bridgehead atoms. The number of rotatable bonds is 6. The molecular formula is C18H24ClN3O3. The quantitative estimate of drug-likeness (QED) is 0.787. The summed E-state index contributed by atoms with van der Waals surface area (Å²) >= 11 is 5.84. The van der Waals surface area contributed by atoms with Crippen molar-refractivity contribution in [1.82, 2.24) is 15.1 Å². The number of ether oxygens (including phenoxy) is 1. The number of urea groups is 1. The molecule has 1 aliphatic carbocycles. The summed E-state index contributed by atoms with van der Waals surface area (Å²) in [7, 11) is 1.87. The van der Waals surface area contributed by atoms with Crippen LogP contribution in [-0.4, -0.2) is 54.1 Å². The molecule has 1 spiro atoms. The van der Waals surface area contributed by atoms with E-state index < -0.39 is 5.54 Å². The SMILES string of the molecule is CN(CCOc1ccc(Cl)cc1)CN1C(=O)NC2(CCCCC2)C1=O. The fourth-order valence-electron chi connectivity index (χ4n) is 3.46. The van der Waals surface area contributed by atoms with E-state index in [0.717, 1.165) is 37.9 Å². The molecule has 2 aliphatic rings. The first-order valence-electron chi connectivity index (χ1n) is 8.71. The van der Waals surface area contributed by atoms with Gasteiger partial charge in [-0.1, -0.05) is 30.9 Å². The van der Waals surface area contributed by atoms with Gasteiger partial charge in [-0.15, -0.1) is 0 Å². The third-order valence-corrected chi connectivity index (χ3v) is 5.14. The molecule has 0 unspecified atom stereocenters. The third kappa shape index (κ3) is 4.07. The Morgan fingerprint density at radius 3 is 2.56 bits per heavy atom. The highest BCUT2D eigenvalue weighted by atomic mass is 35.5. The van der Waals surface area contributed by atoms with Crippen molar-refractivity contribution in [3.63, 3.8) is 0 Å². The van der Waals surface area contributed by atoms with E-state index in [1.165, 1.54) is 4.90 Å². The number of carbonyl (C=O) groups excluding carboxylic acids is 2. The van der Waals surface area contributed by atoms with Gasteiger partial charge in [0.05, 0.1) is 6.67 Å². The number of hydrogen-bond acceptors (Lipinski definition) is 4. The number of likely N-dealkylation sites (N-methyl/N-ethyl adjacent to an activating group) is 1. The van der Waals surface area contributed by atoms with Gasteiger partial charge in [0.1, 0.15) is 17.9 Å². The maximum absolute atomic E-state index is 12.7. The normalized spacial score (nSPS) is 19.6. The molecule has 1 aliphatic heterocycles. The molecule has 136 valence electrons. The number of halogens is 1. The van der Waals surface area contributed by atoms with Crippen molar-refractivity contribution in [2.75, 3.05) is 26.9 Å². The first-order valence-corrected chi connectivity index (χ1v) is 9.09. The van der Waals surface area contributed by atoms with Crippen LogP contribution in [0.25, 0.3) is 0 Å². The summed E-state index contributed by atoms with van der Waals surface area (Å²) in [6, 6.07) is 6.89. The summed E-state index contributed by atoms with van der Waals surface area (Å²) in [6.07, 6.45) is 4.61. The molecule has 7 heteroatoms. The van der Waals surface area contributed by atoms with Crippen molar-refractivity contribution in [3.8, 4) is 5.75 Å². The van der Waals surface area contributed by atoms with Crippen molar-refractivity contribution in [1.29, 1.82) is 0 Å². The Balaban J connectivity index is 1.48. The van der Waals surface area contributed by atoms with Gasteiger partial charge in [-0.05, 0) is 44.2 Å². The van der Waals surface area contributed by atoms with Gasteiger partial charge in [0.2, 0.25) is 0 Å². The third-order valence-electron chi connectivity index (χ3n) is 4.89. The fraction of sp³-hybridized carbons (Fsp3) is 0.556. The van der Waals surface area contributed by atoms with E-state index in [1.807, 2.05) is 24.1 Å². The fourth-order valence-corrected chi connectivity index (χ4v) is 3.59. The molecule has 3 rings (SSSR count). The highest BCUT2D eigenvalue weighted by Crippen LogP contribution is 2.33. The number of nitrogens with one attached hydrogen (secondary N) is 1. The van der Waals surface area contributed by atoms with Crippen LogP contribution >= 0.6 is 11.6 Å². The number of carbonyl (C=O) groups is 2. The van der Waals surface area contributed by atoms with Crippen LogP contribution in [-0.2, 0) is 4.79 Å². The lowest BCUT2D eigenvalue weighted by Gasteiger charge is -2.31. The lowest BCUT2D eigenvalue weighted by molar-refractivity contribution is -0.133. The smallest absolute Gasteiger partial charge is 0.326 e. The summed E-state index contributed by atoms with van der Waals surface area (Å²) in [5.74, 6) is 0.664. The zero-order chi connectivity index (χ0) is 17.9. The molecule has 25 heavy (non-hydrogen) atoms. The molecule has 1 N–H and O–H groups in total. The van der Waals surface area contributed by atoms with Crippen molar-refractivity contribution in [2.45, 2.75) is 37.6 Å². The van der Waals surface area contributed by atoms with E-state index in [1.54, 1.807) is 12.1 Å². The summed E-state index contributed by atoms with van der Waals surface area (Å²) in [5.41, 5.74) is -0.657. The molecule has 1 aromatic rings. The van der Waals surface area contributed by atoms with Gasteiger partial charge in [-0.2, -0.15) is 0 Å². The average Bonchev–Trinajstić information content (AvgIpc) is 2.81. The second-order valence-corrected chi connectivity index (χ2v) is 7.27. The van der Waals surface area contributed by atoms with Gasteiger partial charge in [-0.25, -0.2) is 9.69 Å². The Morgan fingerprint density at radius 2 is 1.88 bits per heavy atom. The summed E-state index contributed by atoms with van der Waals surface area (Å²) in [6.45, 7) is 1.34. The molecule has 1 saturated carbocycles. The van der Waals surface area contributed by atoms with Crippen molar-refractivity contribution in [2.24, 2.45) is 0 Å². The summed E-state index contributed by atoms with van der Waals surface area (Å²) in [4.78, 5) is 28.2. The van der Waals surface area contributed by atoms with Gasteiger partial charge in [0, 0.05) is 11.6 Å². The van der Waals surface area contributed by atoms with Gasteiger partial charge in [0.25, 0.3) is 5.91 Å². The molecule has 0 aromatic heterocycles. The minimum absolute atomic E-state index is 0.0809. The minimum atomic E-state index is -0.657. The van der Waals surface area contributed by atoms with Crippen molar-refractivity contribution in [3.05, 3.63) is 29.3 Å². The molecule has 0 atom stereocenters. The van der Waals surface area contributed by atoms with Crippen LogP contribution in [0.15, 0.2) is 24.3 Å². The molecule has 0 radical (unpaired) electrons. The molecule has 3 amide bonds. The van der Waals surface area contributed by atoms with Crippen molar-refractivity contribution < 1.29 is 14.3 Å². The number of benzene rings is 1. The Hall–Kier alpha value is -1.79. The number of nitrogens with zero attached hydrogens (tertiary/aromatic N) is 2. The summed E-state index contributed by atoms with van der Waals surface area (Å²) in [5, 5.41) is 3.60. The van der Waals surface area contributed by atoms with Crippen LogP contribution in [0.1, 0.15) is 32.1 Å². The maximum Gasteiger partial charge on any atom is 0.326 e. The Kier molecular flexibility index (Phi) is 5.49. The number of imide groups is 1. The van der Waals surface area contributed by atoms with E-state index >= 15 is 0 Å². The van der Waals surface area contributed by atoms with Crippen LogP contribution in [0.5, 0.6) is 5.75 Å². The predicted octanol–water partition coefficient (Wildman–Crippen LogP) is 2.86. The lowest BCUT2D eigenvalue weighted by Crippen LogP contribution is -2.49. The largest absolute Gasteiger partial charge is 0.492 e. The topological polar surface area (TPSA) is 61.9 Å². The number of amides is 3. The van der Waals surface area contributed by atoms with Gasteiger partial charge in [0.15, 0.2) is 0 Å². The van der Waals surface area contributed by atoms with E-state index in [4.69, 9.17) is 16.3 Å². The van der Waals surface area contributed by atoms with E-state index in [9.17, 15) is 9.59 Å². The molecule has 1 heterocycles. The maximum atomic E-state index is 12.7. The monoisotopic (exact) mass is 365 g/mol. The highest BCUT2D eigenvalue weighted by molar-refractivity contribution is 6.30. The molecular weight excluding hydrogens is 342 g/mol. The Labute approximate surface area is 153 Å². The van der Waals surface area contributed by atoms with E-state index in [-0.39, 0.29) is 18.6 Å². The first kappa shape index (κ1) is 18.0. The number of hydrogen-bond donors (Lipinski definition) is 1. The standard InChI is InChI=1S/C18H24ClN3O3/c1-21(11-12-25-15-7-5-14(19)6-8-15)13-22-16(23)18(20-17(22)24)9-3-2-4-10-18/h5-8H,2-4,9-13H2,1H3,(H,20,24). The van der Waals surface area contributed by atoms with Crippen LogP contribution in [0.4, 0.5) is 4.79 Å². The van der Waals surface area contributed by atoms with E-state index in [2.05, 4.69) is 5.32 Å². The van der Waals surface area contributed by atoms with Crippen LogP contribution in [0.3, 0.4) is 0 Å². The molecule has 1 aromatic carbocycles. The van der Waals surface area contributed by atoms with Crippen LogP contribution < -0.4 is 10.1 Å². The van der Waals surface area contributed by atoms with Gasteiger partial charge in [-0.3, -0.25) is 9.69 Å². The van der Waals surface area contributed by atoms with E-state index in [0.29, 0.717) is 18.2 Å². The lowest BCUT2D eigenvalue weighted by atomic mass is 9.82. The second kappa shape index (κ2) is 7.62. The highest BCUT2D eigenvalue weighted by Gasteiger charge is 2.51. The van der Waals surface area contributed by atoms with Gasteiger partial charge >= 0.3 is 6.03 Å². The molecule has 2 fully saturated rings. The Morgan fingerprint density at radius 1 is 1.20 bits per heavy atom. The second-order valence-electron chi connectivity index (χ2n) is 6.83.